The predicted molar refractivity (Wildman–Crippen MR) is 197 cm³/mol. The second-order valence-corrected chi connectivity index (χ2v) is 12.5. The van der Waals surface area contributed by atoms with Crippen molar-refractivity contribution in [3.8, 4) is 11.8 Å². The van der Waals surface area contributed by atoms with Crippen molar-refractivity contribution in [3.63, 3.8) is 0 Å². The highest BCUT2D eigenvalue weighted by atomic mass is 16.5. The Bertz CT molecular complexity index is 2000. The molecule has 2 N–H and O–H groups in total. The van der Waals surface area contributed by atoms with Crippen molar-refractivity contribution in [2.45, 2.75) is 65.8 Å². The summed E-state index contributed by atoms with van der Waals surface area (Å²) in [6.45, 7) is 9.59. The number of nitrogens with zero attached hydrogens (tertiary/aromatic N) is 2. The lowest BCUT2D eigenvalue weighted by Crippen LogP contribution is -2.14. The topological polar surface area (TPSA) is 85.4 Å². The number of anilines is 2. The van der Waals surface area contributed by atoms with E-state index in [1.54, 1.807) is 12.2 Å². The van der Waals surface area contributed by atoms with E-state index >= 15 is 0 Å². The van der Waals surface area contributed by atoms with E-state index < -0.39 is 0 Å². The summed E-state index contributed by atoms with van der Waals surface area (Å²) in [7, 11) is 0. The molecular formula is C41H44N4O3. The van der Waals surface area contributed by atoms with Crippen LogP contribution in [0.3, 0.4) is 0 Å². The zero-order valence-electron chi connectivity index (χ0n) is 28.3. The number of nitrogens with one attached hydrogen (secondary N) is 2. The van der Waals surface area contributed by atoms with E-state index in [4.69, 9.17) is 19.4 Å². The Labute approximate surface area is 283 Å². The molecule has 7 nitrogen and oxygen atoms in total. The molecule has 6 rings (SSSR count). The quantitative estimate of drug-likeness (QED) is 0.104. The van der Waals surface area contributed by atoms with Gasteiger partial charge in [0.15, 0.2) is 5.78 Å². The summed E-state index contributed by atoms with van der Waals surface area (Å²) >= 11 is 0. The van der Waals surface area contributed by atoms with Gasteiger partial charge in [0.05, 0.1) is 41.7 Å². The van der Waals surface area contributed by atoms with Gasteiger partial charge in [0.1, 0.15) is 0 Å². The molecule has 3 aromatic carbocycles. The molecule has 0 amide bonds. The number of aromatic nitrogens is 2. The summed E-state index contributed by atoms with van der Waals surface area (Å²) in [5, 5.41) is 9.32. The average Bonchev–Trinajstić information content (AvgIpc) is 3.26. The van der Waals surface area contributed by atoms with Gasteiger partial charge in [0.25, 0.3) is 0 Å². The van der Waals surface area contributed by atoms with Gasteiger partial charge >= 0.3 is 0 Å². The molecule has 0 saturated heterocycles. The van der Waals surface area contributed by atoms with Gasteiger partial charge < -0.3 is 20.1 Å². The molecule has 246 valence electrons. The first-order valence-electron chi connectivity index (χ1n) is 17.0. The molecule has 5 aromatic rings. The molecule has 0 spiro atoms. The van der Waals surface area contributed by atoms with Crippen molar-refractivity contribution in [1.29, 1.82) is 0 Å². The number of pyridine rings is 2. The molecule has 2 aromatic heterocycles. The Morgan fingerprint density at radius 1 is 0.812 bits per heavy atom. The number of ketones is 1. The van der Waals surface area contributed by atoms with Crippen molar-refractivity contribution >= 4 is 45.0 Å². The first kappa shape index (κ1) is 32.8. The predicted octanol–water partition coefficient (Wildman–Crippen LogP) is 9.89. The van der Waals surface area contributed by atoms with Gasteiger partial charge in [-0.05, 0) is 87.4 Å². The summed E-state index contributed by atoms with van der Waals surface area (Å²) in [6, 6.07) is 24.5. The number of unbranched alkanes of at least 4 members (excludes halogenated alkanes) is 2. The number of para-hydroxylation sites is 2. The van der Waals surface area contributed by atoms with Crippen LogP contribution in [0.4, 0.5) is 11.4 Å². The lowest BCUT2D eigenvalue weighted by molar-refractivity contribution is -0.110. The third kappa shape index (κ3) is 7.85. The Hall–Kier alpha value is -5.17. The highest BCUT2D eigenvalue weighted by Gasteiger charge is 2.25. The zero-order chi connectivity index (χ0) is 33.5. The number of hydrogen-bond acceptors (Lipinski definition) is 7. The van der Waals surface area contributed by atoms with E-state index in [2.05, 4.69) is 62.6 Å². The molecule has 3 heterocycles. The van der Waals surface area contributed by atoms with Gasteiger partial charge in [0, 0.05) is 40.1 Å². The second kappa shape index (κ2) is 15.2. The maximum absolute atomic E-state index is 13.6. The first-order chi connectivity index (χ1) is 23.4. The number of carbonyl (C=O) groups is 1. The molecule has 0 saturated carbocycles. The van der Waals surface area contributed by atoms with E-state index in [1.807, 2.05) is 54.6 Å². The van der Waals surface area contributed by atoms with Crippen molar-refractivity contribution in [1.82, 2.24) is 9.97 Å². The third-order valence-corrected chi connectivity index (χ3v) is 8.49. The van der Waals surface area contributed by atoms with Crippen molar-refractivity contribution in [2.24, 2.45) is 0 Å². The Morgan fingerprint density at radius 2 is 1.44 bits per heavy atom. The molecule has 0 radical (unpaired) electrons. The summed E-state index contributed by atoms with van der Waals surface area (Å²) < 4.78 is 12.4. The van der Waals surface area contributed by atoms with Crippen LogP contribution in [0.25, 0.3) is 27.9 Å². The van der Waals surface area contributed by atoms with E-state index in [0.29, 0.717) is 31.4 Å². The maximum Gasteiger partial charge on any atom is 0.221 e. The van der Waals surface area contributed by atoms with E-state index in [1.165, 1.54) is 5.56 Å². The van der Waals surface area contributed by atoms with Crippen LogP contribution in [0.2, 0.25) is 0 Å². The number of ether oxygens (including phenoxy) is 2. The lowest BCUT2D eigenvalue weighted by atomic mass is 10.00. The van der Waals surface area contributed by atoms with Gasteiger partial charge in [0.2, 0.25) is 11.8 Å². The smallest absolute Gasteiger partial charge is 0.221 e. The summed E-state index contributed by atoms with van der Waals surface area (Å²) in [6.07, 6.45) is 9.55. The van der Waals surface area contributed by atoms with Gasteiger partial charge in [-0.25, -0.2) is 9.97 Å². The van der Waals surface area contributed by atoms with Crippen molar-refractivity contribution in [3.05, 3.63) is 113 Å². The lowest BCUT2D eigenvalue weighted by Gasteiger charge is -2.21. The van der Waals surface area contributed by atoms with Gasteiger partial charge in [-0.15, -0.1) is 0 Å². The number of benzene rings is 3. The third-order valence-electron chi connectivity index (χ3n) is 8.49. The Kier molecular flexibility index (Phi) is 10.3. The molecule has 1 atom stereocenters. The number of hydrogen-bond donors (Lipinski definition) is 2. The fourth-order valence-electron chi connectivity index (χ4n) is 5.89. The maximum atomic E-state index is 13.6. The van der Waals surface area contributed by atoms with Crippen LogP contribution in [-0.2, 0) is 4.79 Å². The van der Waals surface area contributed by atoms with E-state index in [0.717, 1.165) is 81.3 Å². The molecule has 0 aliphatic carbocycles. The van der Waals surface area contributed by atoms with Crippen LogP contribution in [0.15, 0.2) is 90.6 Å². The zero-order valence-corrected chi connectivity index (χ0v) is 28.3. The fourth-order valence-corrected chi connectivity index (χ4v) is 5.89. The number of allylic oxidation sites excluding steroid dienone is 2. The standard InChI is InChI=1S/C41H44N4O3/c1-5-7-19-47-40-29(23-30-21-27(3)13-17-35(30)44-40)15-16-33(46)25-32-26-39(43-38-12-10-9-11-37(38)42-32)34-24-31-22-28(4)14-18-36(31)45-41(34)48-20-8-6-2/h9-18,21-25,39,42-43H,5-8,19-20,26H2,1-4H3/b16-15+,32-25-. The minimum Gasteiger partial charge on any atom is -0.477 e. The van der Waals surface area contributed by atoms with Crippen molar-refractivity contribution < 1.29 is 14.3 Å². The molecule has 1 aliphatic rings. The SMILES string of the molecule is CCCCOc1nc2ccc(C)cc2cc1/C=C/C(=O)/C=C1/CC(c2cc3cc(C)ccc3nc2OCCCC)Nc2ccccc2N1. The van der Waals surface area contributed by atoms with Crippen molar-refractivity contribution in [2.75, 3.05) is 23.8 Å². The normalized spacial score (nSPS) is 15.2. The van der Waals surface area contributed by atoms with E-state index in [-0.39, 0.29) is 11.8 Å². The Balaban J connectivity index is 1.34. The highest BCUT2D eigenvalue weighted by molar-refractivity contribution is 6.03. The molecule has 7 heteroatoms. The van der Waals surface area contributed by atoms with Crippen LogP contribution in [0.5, 0.6) is 11.8 Å². The van der Waals surface area contributed by atoms with Crippen LogP contribution >= 0.6 is 0 Å². The van der Waals surface area contributed by atoms with Crippen LogP contribution in [0, 0.1) is 13.8 Å². The molecule has 48 heavy (non-hydrogen) atoms. The first-order valence-corrected chi connectivity index (χ1v) is 17.0. The molecule has 0 bridgehead atoms. The van der Waals surface area contributed by atoms with Crippen LogP contribution in [-0.4, -0.2) is 29.0 Å². The number of carbonyl (C=O) groups excluding carboxylic acids is 1. The largest absolute Gasteiger partial charge is 0.477 e. The number of rotatable bonds is 12. The van der Waals surface area contributed by atoms with Gasteiger partial charge in [-0.3, -0.25) is 4.79 Å². The summed E-state index contributed by atoms with van der Waals surface area (Å²) in [4.78, 5) is 23.3. The number of fused-ring (bicyclic) bond motifs is 3. The summed E-state index contributed by atoms with van der Waals surface area (Å²) in [5.74, 6) is 1.03. The van der Waals surface area contributed by atoms with Gasteiger partial charge in [-0.2, -0.15) is 0 Å². The average molecular weight is 641 g/mol. The monoisotopic (exact) mass is 640 g/mol. The molecule has 1 unspecified atom stereocenters. The Morgan fingerprint density at radius 3 is 2.12 bits per heavy atom. The molecular weight excluding hydrogens is 596 g/mol. The molecule has 0 fully saturated rings. The fraction of sp³-hybridized carbons (Fsp3) is 0.293. The van der Waals surface area contributed by atoms with Crippen LogP contribution < -0.4 is 20.1 Å². The minimum atomic E-state index is -0.190. The minimum absolute atomic E-state index is 0.133. The second-order valence-electron chi connectivity index (χ2n) is 12.5. The molecule has 1 aliphatic heterocycles. The summed E-state index contributed by atoms with van der Waals surface area (Å²) in [5.41, 5.74) is 8.48. The number of aryl methyl sites for hydroxylation is 2. The highest BCUT2D eigenvalue weighted by Crippen LogP contribution is 2.39. The van der Waals surface area contributed by atoms with Gasteiger partial charge in [-0.1, -0.05) is 62.1 Å². The van der Waals surface area contributed by atoms with E-state index in [9.17, 15) is 4.79 Å². The van der Waals surface area contributed by atoms with Crippen LogP contribution in [0.1, 0.15) is 74.2 Å².